The van der Waals surface area contributed by atoms with Gasteiger partial charge in [0, 0.05) is 18.8 Å². The molecule has 0 bridgehead atoms. The number of anilines is 1. The quantitative estimate of drug-likeness (QED) is 0.919. The minimum Gasteiger partial charge on any atom is -0.372 e. The summed E-state index contributed by atoms with van der Waals surface area (Å²) in [5, 5.41) is 3.04. The Morgan fingerprint density at radius 1 is 1.12 bits per heavy atom. The predicted octanol–water partition coefficient (Wildman–Crippen LogP) is 3.56. The maximum Gasteiger partial charge on any atom is 0.161 e. The second-order valence-electron chi connectivity index (χ2n) is 4.02. The zero-order chi connectivity index (χ0) is 12.4. The van der Waals surface area contributed by atoms with Crippen molar-refractivity contribution in [1.29, 1.82) is 0 Å². The van der Waals surface area contributed by atoms with Crippen LogP contribution in [0.15, 0.2) is 28.9 Å². The van der Waals surface area contributed by atoms with Gasteiger partial charge >= 0.3 is 0 Å². The zero-order valence-corrected chi connectivity index (χ0v) is 11.7. The van der Waals surface area contributed by atoms with Crippen molar-refractivity contribution in [2.45, 2.75) is 13.8 Å². The Kier molecular flexibility index (Phi) is 3.43. The third kappa shape index (κ3) is 2.64. The van der Waals surface area contributed by atoms with Crippen molar-refractivity contribution in [3.63, 3.8) is 0 Å². The molecular formula is C13H14BrN3. The summed E-state index contributed by atoms with van der Waals surface area (Å²) < 4.78 is 0.869. The summed E-state index contributed by atoms with van der Waals surface area (Å²) in [5.74, 6) is 1.54. The molecule has 1 aromatic carbocycles. The molecule has 17 heavy (non-hydrogen) atoms. The summed E-state index contributed by atoms with van der Waals surface area (Å²) in [4.78, 5) is 8.82. The van der Waals surface area contributed by atoms with Gasteiger partial charge in [-0.1, -0.05) is 17.2 Å². The number of halogens is 1. The zero-order valence-electron chi connectivity index (χ0n) is 10.1. The Labute approximate surface area is 109 Å². The van der Waals surface area contributed by atoms with Crippen LogP contribution >= 0.6 is 15.9 Å². The Balaban J connectivity index is 2.52. The van der Waals surface area contributed by atoms with Crippen molar-refractivity contribution >= 4 is 21.7 Å². The maximum atomic E-state index is 4.47. The van der Waals surface area contributed by atoms with Gasteiger partial charge in [-0.25, -0.2) is 9.97 Å². The van der Waals surface area contributed by atoms with E-state index in [1.54, 1.807) is 6.20 Å². The first-order valence-corrected chi connectivity index (χ1v) is 6.18. The first-order valence-electron chi connectivity index (χ1n) is 5.39. The number of rotatable bonds is 2. The molecule has 0 aliphatic carbocycles. The molecule has 0 aliphatic heterocycles. The summed E-state index contributed by atoms with van der Waals surface area (Å²) in [5.41, 5.74) is 3.49. The Morgan fingerprint density at radius 3 is 2.35 bits per heavy atom. The van der Waals surface area contributed by atoms with E-state index < -0.39 is 0 Å². The number of benzene rings is 1. The van der Waals surface area contributed by atoms with Crippen LogP contribution in [0.5, 0.6) is 0 Å². The number of nitrogens with zero attached hydrogens (tertiary/aromatic N) is 2. The molecule has 2 aromatic rings. The fourth-order valence-electron chi connectivity index (χ4n) is 1.79. The molecule has 0 fully saturated rings. The first kappa shape index (κ1) is 12.0. The number of aromatic nitrogens is 2. The van der Waals surface area contributed by atoms with Crippen molar-refractivity contribution in [2.24, 2.45) is 0 Å². The minimum atomic E-state index is 0.740. The third-order valence-corrected chi connectivity index (χ3v) is 3.04. The van der Waals surface area contributed by atoms with Gasteiger partial charge < -0.3 is 5.32 Å². The molecule has 0 spiro atoms. The molecule has 1 heterocycles. The monoisotopic (exact) mass is 291 g/mol. The Bertz CT molecular complexity index is 532. The van der Waals surface area contributed by atoms with Crippen molar-refractivity contribution in [1.82, 2.24) is 9.97 Å². The van der Waals surface area contributed by atoms with Crippen molar-refractivity contribution in [3.8, 4) is 11.4 Å². The van der Waals surface area contributed by atoms with E-state index in [2.05, 4.69) is 63.3 Å². The minimum absolute atomic E-state index is 0.740. The van der Waals surface area contributed by atoms with Gasteiger partial charge in [0.2, 0.25) is 0 Å². The topological polar surface area (TPSA) is 37.8 Å². The van der Waals surface area contributed by atoms with Gasteiger partial charge in [0.1, 0.15) is 5.82 Å². The van der Waals surface area contributed by atoms with Gasteiger partial charge in [-0.15, -0.1) is 0 Å². The highest BCUT2D eigenvalue weighted by atomic mass is 79.9. The van der Waals surface area contributed by atoms with Crippen LogP contribution in [0.2, 0.25) is 0 Å². The largest absolute Gasteiger partial charge is 0.372 e. The molecule has 0 saturated heterocycles. The number of nitrogens with one attached hydrogen (secondary N) is 1. The summed E-state index contributed by atoms with van der Waals surface area (Å²) >= 11 is 3.40. The molecule has 0 unspecified atom stereocenters. The van der Waals surface area contributed by atoms with E-state index in [1.165, 1.54) is 11.1 Å². The van der Waals surface area contributed by atoms with Gasteiger partial charge in [0.25, 0.3) is 0 Å². The SMILES string of the molecule is CNc1nc(-c2cc(C)cc(C)c2)ncc1Br. The molecule has 1 N–H and O–H groups in total. The van der Waals surface area contributed by atoms with Gasteiger partial charge in [0.15, 0.2) is 5.82 Å². The normalized spacial score (nSPS) is 10.4. The van der Waals surface area contributed by atoms with Gasteiger partial charge in [-0.3, -0.25) is 0 Å². The fourth-order valence-corrected chi connectivity index (χ4v) is 2.17. The molecule has 0 saturated carbocycles. The number of aryl methyl sites for hydroxylation is 2. The highest BCUT2D eigenvalue weighted by molar-refractivity contribution is 9.10. The van der Waals surface area contributed by atoms with Crippen LogP contribution in [-0.4, -0.2) is 17.0 Å². The van der Waals surface area contributed by atoms with E-state index in [1.807, 2.05) is 7.05 Å². The van der Waals surface area contributed by atoms with Crippen LogP contribution < -0.4 is 5.32 Å². The van der Waals surface area contributed by atoms with Gasteiger partial charge in [0.05, 0.1) is 4.47 Å². The van der Waals surface area contributed by atoms with E-state index in [-0.39, 0.29) is 0 Å². The average molecular weight is 292 g/mol. The molecule has 88 valence electrons. The molecule has 0 radical (unpaired) electrons. The van der Waals surface area contributed by atoms with Crippen molar-refractivity contribution in [3.05, 3.63) is 40.0 Å². The lowest BCUT2D eigenvalue weighted by Crippen LogP contribution is -1.98. The van der Waals surface area contributed by atoms with Crippen LogP contribution in [0.3, 0.4) is 0 Å². The second-order valence-corrected chi connectivity index (χ2v) is 4.87. The molecule has 4 heteroatoms. The second kappa shape index (κ2) is 4.84. The van der Waals surface area contributed by atoms with Crippen LogP contribution in [0.4, 0.5) is 5.82 Å². The third-order valence-electron chi connectivity index (χ3n) is 2.46. The molecule has 0 aliphatic rings. The number of hydrogen-bond donors (Lipinski definition) is 1. The van der Waals surface area contributed by atoms with E-state index in [4.69, 9.17) is 0 Å². The molecule has 0 atom stereocenters. The van der Waals surface area contributed by atoms with E-state index in [0.29, 0.717) is 0 Å². The van der Waals surface area contributed by atoms with Gasteiger partial charge in [-0.05, 0) is 41.9 Å². The van der Waals surface area contributed by atoms with Crippen LogP contribution in [-0.2, 0) is 0 Å². The standard InChI is InChI=1S/C13H14BrN3/c1-8-4-9(2)6-10(5-8)12-16-7-11(14)13(15-3)17-12/h4-7H,1-3H3,(H,15,16,17). The molecule has 3 nitrogen and oxygen atoms in total. The summed E-state index contributed by atoms with van der Waals surface area (Å²) in [6.45, 7) is 4.16. The van der Waals surface area contributed by atoms with Crippen molar-refractivity contribution in [2.75, 3.05) is 12.4 Å². The number of hydrogen-bond acceptors (Lipinski definition) is 3. The van der Waals surface area contributed by atoms with Crippen LogP contribution in [0.1, 0.15) is 11.1 Å². The Hall–Kier alpha value is -1.42. The summed E-state index contributed by atoms with van der Waals surface area (Å²) in [6, 6.07) is 6.33. The van der Waals surface area contributed by atoms with E-state index in [9.17, 15) is 0 Å². The van der Waals surface area contributed by atoms with Crippen LogP contribution in [0, 0.1) is 13.8 Å². The van der Waals surface area contributed by atoms with Crippen molar-refractivity contribution < 1.29 is 0 Å². The highest BCUT2D eigenvalue weighted by Gasteiger charge is 2.06. The van der Waals surface area contributed by atoms with Crippen LogP contribution in [0.25, 0.3) is 11.4 Å². The lowest BCUT2D eigenvalue weighted by molar-refractivity contribution is 1.15. The van der Waals surface area contributed by atoms with E-state index in [0.717, 1.165) is 21.7 Å². The van der Waals surface area contributed by atoms with Gasteiger partial charge in [-0.2, -0.15) is 0 Å². The molecule has 2 rings (SSSR count). The molecule has 1 aromatic heterocycles. The fraction of sp³-hybridized carbons (Fsp3) is 0.231. The molecular weight excluding hydrogens is 278 g/mol. The summed E-state index contributed by atoms with van der Waals surface area (Å²) in [7, 11) is 1.85. The smallest absolute Gasteiger partial charge is 0.161 e. The average Bonchev–Trinajstić information content (AvgIpc) is 2.28. The highest BCUT2D eigenvalue weighted by Crippen LogP contribution is 2.24. The summed E-state index contributed by atoms with van der Waals surface area (Å²) in [6.07, 6.45) is 1.77. The first-order chi connectivity index (χ1) is 8.10. The maximum absolute atomic E-state index is 4.47. The molecule has 0 amide bonds. The van der Waals surface area contributed by atoms with E-state index >= 15 is 0 Å². The lowest BCUT2D eigenvalue weighted by atomic mass is 10.1. The lowest BCUT2D eigenvalue weighted by Gasteiger charge is -2.07. The Morgan fingerprint density at radius 2 is 1.76 bits per heavy atom. The predicted molar refractivity (Wildman–Crippen MR) is 74.2 cm³/mol.